The Morgan fingerprint density at radius 3 is 2.77 bits per heavy atom. The fourth-order valence-corrected chi connectivity index (χ4v) is 5.16. The average Bonchev–Trinajstić information content (AvgIpc) is 3.23. The number of aromatic nitrogens is 2. The molecule has 1 atom stereocenters. The molecule has 0 spiro atoms. The van der Waals surface area contributed by atoms with Crippen LogP contribution in [0.15, 0.2) is 52.9 Å². The van der Waals surface area contributed by atoms with Crippen LogP contribution in [0.4, 0.5) is 10.8 Å². The molecule has 7 nitrogen and oxygen atoms in total. The number of thioether (sulfide) groups is 1. The van der Waals surface area contributed by atoms with Gasteiger partial charge in [-0.3, -0.25) is 4.79 Å². The lowest BCUT2D eigenvalue weighted by atomic mass is 9.94. The summed E-state index contributed by atoms with van der Waals surface area (Å²) in [6.45, 7) is 2.42. The van der Waals surface area contributed by atoms with Crippen molar-refractivity contribution in [3.63, 3.8) is 0 Å². The maximum absolute atomic E-state index is 13.0. The molecule has 1 amide bonds. The second-order valence-electron chi connectivity index (χ2n) is 7.19. The summed E-state index contributed by atoms with van der Waals surface area (Å²) in [5.74, 6) is -0.346. The number of anilines is 2. The first-order valence-corrected chi connectivity index (χ1v) is 11.6. The Morgan fingerprint density at radius 1 is 1.19 bits per heavy atom. The summed E-state index contributed by atoms with van der Waals surface area (Å²) in [6.07, 6.45) is 0.461. The van der Waals surface area contributed by atoms with Crippen LogP contribution in [-0.4, -0.2) is 45.9 Å². The van der Waals surface area contributed by atoms with E-state index in [-0.39, 0.29) is 11.7 Å². The van der Waals surface area contributed by atoms with E-state index in [1.54, 1.807) is 4.90 Å². The van der Waals surface area contributed by atoms with E-state index >= 15 is 0 Å². The number of rotatable bonds is 6. The first kappa shape index (κ1) is 21.3. The maximum Gasteiger partial charge on any atom is 0.328 e. The van der Waals surface area contributed by atoms with E-state index in [1.165, 1.54) is 30.2 Å². The molecule has 0 saturated heterocycles. The molecule has 0 radical (unpaired) electrons. The van der Waals surface area contributed by atoms with Crippen LogP contribution in [0.1, 0.15) is 16.7 Å². The molecule has 0 fully saturated rings. The lowest BCUT2D eigenvalue weighted by molar-refractivity contribution is -0.153. The number of carbonyl (C=O) groups is 2. The van der Waals surface area contributed by atoms with Gasteiger partial charge in [0, 0.05) is 18.7 Å². The second kappa shape index (κ2) is 9.49. The molecule has 1 aromatic heterocycles. The van der Waals surface area contributed by atoms with E-state index in [9.17, 15) is 9.59 Å². The minimum absolute atomic E-state index is 0.127. The monoisotopic (exact) mass is 454 g/mol. The van der Waals surface area contributed by atoms with Gasteiger partial charge in [0.2, 0.25) is 11.0 Å². The van der Waals surface area contributed by atoms with Gasteiger partial charge in [0.1, 0.15) is 6.04 Å². The third kappa shape index (κ3) is 5.05. The maximum atomic E-state index is 13.0. The zero-order valence-corrected chi connectivity index (χ0v) is 18.8. The van der Waals surface area contributed by atoms with Gasteiger partial charge in [0.25, 0.3) is 0 Å². The van der Waals surface area contributed by atoms with E-state index in [0.29, 0.717) is 22.4 Å². The largest absolute Gasteiger partial charge is 0.467 e. The van der Waals surface area contributed by atoms with Crippen molar-refractivity contribution in [3.05, 3.63) is 65.2 Å². The Labute approximate surface area is 188 Å². The molecule has 1 unspecified atom stereocenters. The van der Waals surface area contributed by atoms with E-state index in [4.69, 9.17) is 4.74 Å². The second-order valence-corrected chi connectivity index (χ2v) is 9.39. The molecular weight excluding hydrogens is 432 g/mol. The van der Waals surface area contributed by atoms with Gasteiger partial charge in [-0.25, -0.2) is 4.79 Å². The quantitative estimate of drug-likeness (QED) is 0.448. The predicted octanol–water partition coefficient (Wildman–Crippen LogP) is 3.81. The van der Waals surface area contributed by atoms with Gasteiger partial charge in [-0.15, -0.1) is 10.2 Å². The molecule has 3 aromatic rings. The van der Waals surface area contributed by atoms with Gasteiger partial charge >= 0.3 is 5.97 Å². The number of nitrogens with one attached hydrogen (secondary N) is 1. The number of ether oxygens (including phenoxy) is 1. The Bertz CT molecular complexity index is 1100. The van der Waals surface area contributed by atoms with Crippen molar-refractivity contribution in [3.8, 4) is 0 Å². The smallest absolute Gasteiger partial charge is 0.328 e. The van der Waals surface area contributed by atoms with Crippen molar-refractivity contribution in [2.45, 2.75) is 30.3 Å². The number of hydrogen-bond donors (Lipinski definition) is 1. The van der Waals surface area contributed by atoms with Crippen molar-refractivity contribution in [2.24, 2.45) is 0 Å². The van der Waals surface area contributed by atoms with E-state index in [2.05, 4.69) is 15.5 Å². The van der Waals surface area contributed by atoms with Crippen molar-refractivity contribution in [2.75, 3.05) is 18.2 Å². The first-order chi connectivity index (χ1) is 15.0. The lowest BCUT2D eigenvalue weighted by Crippen LogP contribution is -2.49. The van der Waals surface area contributed by atoms with Crippen LogP contribution in [0, 0.1) is 6.92 Å². The van der Waals surface area contributed by atoms with Gasteiger partial charge in [-0.2, -0.15) is 0 Å². The van der Waals surface area contributed by atoms with Gasteiger partial charge in [0.05, 0.1) is 12.9 Å². The summed E-state index contributed by atoms with van der Waals surface area (Å²) >= 11 is 2.71. The molecular formula is C22H22N4O3S2. The highest BCUT2D eigenvalue weighted by Crippen LogP contribution is 2.30. The number of amides is 1. The molecule has 1 aliphatic rings. The molecule has 2 aromatic carbocycles. The third-order valence-electron chi connectivity index (χ3n) is 5.04. The number of hydrogen-bond acceptors (Lipinski definition) is 8. The van der Waals surface area contributed by atoms with E-state index in [0.717, 1.165) is 22.4 Å². The fourth-order valence-electron chi connectivity index (χ4n) is 3.50. The minimum atomic E-state index is -0.610. The molecule has 160 valence electrons. The number of benzene rings is 2. The van der Waals surface area contributed by atoms with Crippen molar-refractivity contribution in [1.82, 2.24) is 15.1 Å². The summed E-state index contributed by atoms with van der Waals surface area (Å²) in [7, 11) is 1.35. The SMILES string of the molecule is COC(=O)C1Cc2ccccc2CN1C(=O)CSc1nnc(Nc2cccc(C)c2)s1. The average molecular weight is 455 g/mol. The number of carbonyl (C=O) groups excluding carboxylic acids is 2. The summed E-state index contributed by atoms with van der Waals surface area (Å²) < 4.78 is 5.64. The van der Waals surface area contributed by atoms with Crippen LogP contribution in [-0.2, 0) is 27.3 Å². The third-order valence-corrected chi connectivity index (χ3v) is 6.99. The van der Waals surface area contributed by atoms with Crippen LogP contribution in [0.2, 0.25) is 0 Å². The zero-order valence-electron chi connectivity index (χ0n) is 17.2. The topological polar surface area (TPSA) is 84.4 Å². The Morgan fingerprint density at radius 2 is 2.00 bits per heavy atom. The van der Waals surface area contributed by atoms with E-state index in [1.807, 2.05) is 55.5 Å². The first-order valence-electron chi connectivity index (χ1n) is 9.77. The molecule has 0 bridgehead atoms. The lowest BCUT2D eigenvalue weighted by Gasteiger charge is -2.35. The molecule has 0 saturated carbocycles. The number of esters is 1. The van der Waals surface area contributed by atoms with Crippen LogP contribution < -0.4 is 5.32 Å². The van der Waals surface area contributed by atoms with Gasteiger partial charge in [-0.1, -0.05) is 59.5 Å². The van der Waals surface area contributed by atoms with Crippen LogP contribution in [0.5, 0.6) is 0 Å². The molecule has 0 aliphatic carbocycles. The van der Waals surface area contributed by atoms with Crippen molar-refractivity contribution >= 4 is 45.8 Å². The molecule has 2 heterocycles. The Hall–Kier alpha value is -2.91. The highest BCUT2D eigenvalue weighted by atomic mass is 32.2. The number of nitrogens with zero attached hydrogens (tertiary/aromatic N) is 3. The van der Waals surface area contributed by atoms with E-state index < -0.39 is 12.0 Å². The normalized spacial score (nSPS) is 15.3. The Balaban J connectivity index is 1.41. The van der Waals surface area contributed by atoms with Crippen LogP contribution in [0.3, 0.4) is 0 Å². The summed E-state index contributed by atoms with van der Waals surface area (Å²) in [5, 5.41) is 12.2. The number of aryl methyl sites for hydroxylation is 1. The molecule has 1 aliphatic heterocycles. The highest BCUT2D eigenvalue weighted by Gasteiger charge is 2.35. The van der Waals surface area contributed by atoms with Crippen molar-refractivity contribution in [1.29, 1.82) is 0 Å². The molecule has 1 N–H and O–H groups in total. The van der Waals surface area contributed by atoms with Crippen LogP contribution >= 0.6 is 23.1 Å². The van der Waals surface area contributed by atoms with Gasteiger partial charge in [-0.05, 0) is 35.7 Å². The van der Waals surface area contributed by atoms with Gasteiger partial charge in [0.15, 0.2) is 4.34 Å². The standard InChI is InChI=1S/C22H22N4O3S2/c1-14-6-5-9-17(10-14)23-21-24-25-22(31-21)30-13-19(27)26-12-16-8-4-3-7-15(16)11-18(26)20(28)29-2/h3-10,18H,11-13H2,1-2H3,(H,23,24). The Kier molecular flexibility index (Phi) is 6.53. The predicted molar refractivity (Wildman–Crippen MR) is 122 cm³/mol. The molecule has 9 heteroatoms. The number of methoxy groups -OCH3 is 1. The summed E-state index contributed by atoms with van der Waals surface area (Å²) in [5.41, 5.74) is 4.22. The minimum Gasteiger partial charge on any atom is -0.467 e. The fraction of sp³-hybridized carbons (Fsp3) is 0.273. The summed E-state index contributed by atoms with van der Waals surface area (Å²) in [6, 6.07) is 15.2. The van der Waals surface area contributed by atoms with Gasteiger partial charge < -0.3 is 15.0 Å². The summed E-state index contributed by atoms with van der Waals surface area (Å²) in [4.78, 5) is 26.9. The molecule has 31 heavy (non-hydrogen) atoms. The van der Waals surface area contributed by atoms with Crippen molar-refractivity contribution < 1.29 is 14.3 Å². The zero-order chi connectivity index (χ0) is 21.8. The van der Waals surface area contributed by atoms with Crippen LogP contribution in [0.25, 0.3) is 0 Å². The highest BCUT2D eigenvalue weighted by molar-refractivity contribution is 8.01. The number of fused-ring (bicyclic) bond motifs is 1. The molecule has 4 rings (SSSR count).